The summed E-state index contributed by atoms with van der Waals surface area (Å²) in [6.07, 6.45) is 4.24. The van der Waals surface area contributed by atoms with E-state index in [2.05, 4.69) is 22.0 Å². The third kappa shape index (κ3) is 4.82. The summed E-state index contributed by atoms with van der Waals surface area (Å²) in [6.45, 7) is 3.04. The lowest BCUT2D eigenvalue weighted by atomic mass is 9.96. The highest BCUT2D eigenvalue weighted by Gasteiger charge is 2.24. The highest BCUT2D eigenvalue weighted by molar-refractivity contribution is 7.90. The van der Waals surface area contributed by atoms with Crippen molar-refractivity contribution in [1.82, 2.24) is 14.9 Å². The van der Waals surface area contributed by atoms with Crippen LogP contribution in [-0.2, 0) is 9.84 Å². The quantitative estimate of drug-likeness (QED) is 0.583. The number of imidazole rings is 1. The molecular formula is C22H26ClN3O2S. The summed E-state index contributed by atoms with van der Waals surface area (Å²) in [7, 11) is -3.22. The summed E-state index contributed by atoms with van der Waals surface area (Å²) in [4.78, 5) is 10.9. The summed E-state index contributed by atoms with van der Waals surface area (Å²) < 4.78 is 23.5. The fraction of sp³-hybridized carbons (Fsp3) is 0.409. The Hall–Kier alpha value is -1.89. The number of halogens is 1. The van der Waals surface area contributed by atoms with Crippen LogP contribution in [0.15, 0.2) is 53.4 Å². The summed E-state index contributed by atoms with van der Waals surface area (Å²) >= 11 is 6.56. The predicted octanol–water partition coefficient (Wildman–Crippen LogP) is 4.52. The van der Waals surface area contributed by atoms with Gasteiger partial charge in [-0.3, -0.25) is 0 Å². The Morgan fingerprint density at radius 2 is 1.90 bits per heavy atom. The number of nitrogens with zero attached hydrogens (tertiary/aromatic N) is 2. The molecule has 0 bridgehead atoms. The predicted molar refractivity (Wildman–Crippen MR) is 117 cm³/mol. The van der Waals surface area contributed by atoms with Crippen molar-refractivity contribution < 1.29 is 8.42 Å². The van der Waals surface area contributed by atoms with Crippen LogP contribution in [0.2, 0.25) is 0 Å². The SMILES string of the molecule is CS(=O)(=O)c1ccc2nc(C3CCN(CCC(Cl)c4ccccc4)CC3)[nH]c2c1. The lowest BCUT2D eigenvalue weighted by Gasteiger charge is -2.31. The first-order valence-corrected chi connectivity index (χ1v) is 12.3. The second-order valence-corrected chi connectivity index (χ2v) is 10.4. The van der Waals surface area contributed by atoms with Gasteiger partial charge in [0, 0.05) is 12.2 Å². The fourth-order valence-corrected chi connectivity index (χ4v) is 4.88. The van der Waals surface area contributed by atoms with Gasteiger partial charge >= 0.3 is 0 Å². The largest absolute Gasteiger partial charge is 0.342 e. The van der Waals surface area contributed by atoms with Gasteiger partial charge in [-0.25, -0.2) is 13.4 Å². The molecule has 29 heavy (non-hydrogen) atoms. The number of piperidine rings is 1. The fourth-order valence-electron chi connectivity index (χ4n) is 3.99. The zero-order valence-corrected chi connectivity index (χ0v) is 18.1. The Labute approximate surface area is 177 Å². The molecule has 4 rings (SSSR count). The average molecular weight is 432 g/mol. The topological polar surface area (TPSA) is 66.1 Å². The molecule has 1 atom stereocenters. The number of benzene rings is 2. The zero-order chi connectivity index (χ0) is 20.4. The maximum atomic E-state index is 11.8. The van der Waals surface area contributed by atoms with Crippen molar-refractivity contribution in [2.24, 2.45) is 0 Å². The molecule has 154 valence electrons. The normalized spacial score (nSPS) is 17.6. The molecule has 0 amide bonds. The van der Waals surface area contributed by atoms with Crippen LogP contribution < -0.4 is 0 Å². The van der Waals surface area contributed by atoms with Gasteiger partial charge in [0.1, 0.15) is 5.82 Å². The van der Waals surface area contributed by atoms with Gasteiger partial charge in [-0.05, 0) is 62.7 Å². The van der Waals surface area contributed by atoms with Crippen LogP contribution >= 0.6 is 11.6 Å². The van der Waals surface area contributed by atoms with Gasteiger partial charge in [-0.15, -0.1) is 11.6 Å². The van der Waals surface area contributed by atoms with Crippen LogP contribution in [0.1, 0.15) is 41.9 Å². The Morgan fingerprint density at radius 3 is 2.59 bits per heavy atom. The first kappa shape index (κ1) is 20.4. The van der Waals surface area contributed by atoms with Crippen LogP contribution in [-0.4, -0.2) is 49.2 Å². The molecule has 3 aromatic rings. The van der Waals surface area contributed by atoms with E-state index in [0.29, 0.717) is 10.8 Å². The van der Waals surface area contributed by atoms with E-state index in [1.165, 1.54) is 11.8 Å². The van der Waals surface area contributed by atoms with Crippen molar-refractivity contribution in [1.29, 1.82) is 0 Å². The Balaban J connectivity index is 1.34. The average Bonchev–Trinajstić information content (AvgIpc) is 3.16. The molecule has 1 saturated heterocycles. The maximum Gasteiger partial charge on any atom is 0.175 e. The highest BCUT2D eigenvalue weighted by atomic mass is 35.5. The number of nitrogens with one attached hydrogen (secondary N) is 1. The van der Waals surface area contributed by atoms with Crippen molar-refractivity contribution in [2.75, 3.05) is 25.9 Å². The molecule has 1 unspecified atom stereocenters. The van der Waals surface area contributed by atoms with E-state index in [1.807, 2.05) is 18.2 Å². The number of fused-ring (bicyclic) bond motifs is 1. The minimum atomic E-state index is -3.22. The second kappa shape index (κ2) is 8.46. The third-order valence-corrected chi connectivity index (χ3v) is 7.31. The number of hydrogen-bond donors (Lipinski definition) is 1. The van der Waals surface area contributed by atoms with Crippen molar-refractivity contribution in [3.05, 3.63) is 59.9 Å². The molecule has 0 spiro atoms. The van der Waals surface area contributed by atoms with Gasteiger partial charge < -0.3 is 9.88 Å². The molecule has 1 aliphatic heterocycles. The van der Waals surface area contributed by atoms with E-state index in [1.54, 1.807) is 18.2 Å². The first-order chi connectivity index (χ1) is 13.9. The van der Waals surface area contributed by atoms with E-state index >= 15 is 0 Å². The first-order valence-electron chi connectivity index (χ1n) is 10.0. The lowest BCUT2D eigenvalue weighted by molar-refractivity contribution is 0.207. The summed E-state index contributed by atoms with van der Waals surface area (Å²) in [5, 5.41) is 0.0494. The molecule has 2 heterocycles. The number of aromatic amines is 1. The second-order valence-electron chi connectivity index (χ2n) is 7.86. The molecule has 1 fully saturated rings. The number of sulfone groups is 1. The maximum absolute atomic E-state index is 11.8. The van der Waals surface area contributed by atoms with Gasteiger partial charge in [0.25, 0.3) is 0 Å². The number of rotatable bonds is 6. The van der Waals surface area contributed by atoms with Gasteiger partial charge in [0.15, 0.2) is 9.84 Å². The Morgan fingerprint density at radius 1 is 1.17 bits per heavy atom. The van der Waals surface area contributed by atoms with Crippen molar-refractivity contribution in [3.8, 4) is 0 Å². The van der Waals surface area contributed by atoms with Crippen LogP contribution in [0.3, 0.4) is 0 Å². The van der Waals surface area contributed by atoms with Gasteiger partial charge in [0.05, 0.1) is 21.3 Å². The number of H-pyrrole nitrogens is 1. The van der Waals surface area contributed by atoms with Crippen LogP contribution in [0.4, 0.5) is 0 Å². The number of hydrogen-bond acceptors (Lipinski definition) is 4. The minimum Gasteiger partial charge on any atom is -0.342 e. The Bertz CT molecular complexity index is 1070. The molecule has 1 aromatic heterocycles. The summed E-state index contributed by atoms with van der Waals surface area (Å²) in [5.74, 6) is 1.34. The smallest absolute Gasteiger partial charge is 0.175 e. The Kier molecular flexibility index (Phi) is 5.95. The lowest BCUT2D eigenvalue weighted by Crippen LogP contribution is -2.34. The van der Waals surface area contributed by atoms with Crippen molar-refractivity contribution >= 4 is 32.5 Å². The molecule has 0 saturated carbocycles. The van der Waals surface area contributed by atoms with Gasteiger partial charge in [0.2, 0.25) is 0 Å². The minimum absolute atomic E-state index is 0.0494. The molecular weight excluding hydrogens is 406 g/mol. The van der Waals surface area contributed by atoms with Gasteiger partial charge in [-0.2, -0.15) is 0 Å². The molecule has 7 heteroatoms. The summed E-state index contributed by atoms with van der Waals surface area (Å²) in [6, 6.07) is 15.3. The highest BCUT2D eigenvalue weighted by Crippen LogP contribution is 2.30. The third-order valence-electron chi connectivity index (χ3n) is 5.73. The standard InChI is InChI=1S/C22H26ClN3O2S/c1-29(27,28)18-7-8-20-21(15-18)25-22(24-20)17-9-12-26(13-10-17)14-11-19(23)16-5-3-2-4-6-16/h2-8,15,17,19H,9-14H2,1H3,(H,24,25). The zero-order valence-electron chi connectivity index (χ0n) is 16.5. The number of likely N-dealkylation sites (tertiary alicyclic amines) is 1. The monoisotopic (exact) mass is 431 g/mol. The molecule has 0 aliphatic carbocycles. The van der Waals surface area contributed by atoms with E-state index in [0.717, 1.165) is 55.8 Å². The summed E-state index contributed by atoms with van der Waals surface area (Å²) in [5.41, 5.74) is 2.79. The van der Waals surface area contributed by atoms with E-state index < -0.39 is 9.84 Å². The van der Waals surface area contributed by atoms with E-state index in [9.17, 15) is 8.42 Å². The molecule has 0 radical (unpaired) electrons. The van der Waals surface area contributed by atoms with E-state index in [-0.39, 0.29) is 5.38 Å². The van der Waals surface area contributed by atoms with Gasteiger partial charge in [-0.1, -0.05) is 30.3 Å². The van der Waals surface area contributed by atoms with Crippen LogP contribution in [0, 0.1) is 0 Å². The molecule has 1 N–H and O–H groups in total. The van der Waals surface area contributed by atoms with Crippen molar-refractivity contribution in [3.63, 3.8) is 0 Å². The number of alkyl halides is 1. The molecule has 5 nitrogen and oxygen atoms in total. The number of aromatic nitrogens is 2. The van der Waals surface area contributed by atoms with Crippen LogP contribution in [0.25, 0.3) is 11.0 Å². The van der Waals surface area contributed by atoms with E-state index in [4.69, 9.17) is 16.6 Å². The molecule has 1 aliphatic rings. The molecule has 2 aromatic carbocycles. The van der Waals surface area contributed by atoms with Crippen molar-refractivity contribution in [2.45, 2.75) is 35.5 Å². The van der Waals surface area contributed by atoms with Crippen LogP contribution in [0.5, 0.6) is 0 Å².